The molecule has 1 aromatic carbocycles. The van der Waals surface area contributed by atoms with Crippen molar-refractivity contribution in [3.05, 3.63) is 28.8 Å². The Morgan fingerprint density at radius 3 is 2.43 bits per heavy atom. The van der Waals surface area contributed by atoms with E-state index in [-0.39, 0.29) is 18.6 Å². The maximum atomic E-state index is 10.4. The molecule has 3 rings (SSSR count). The molecule has 7 nitrogen and oxygen atoms in total. The average Bonchev–Trinajstić information content (AvgIpc) is 2.71. The van der Waals surface area contributed by atoms with Gasteiger partial charge in [0.25, 0.3) is 0 Å². The molecule has 28 heavy (non-hydrogen) atoms. The van der Waals surface area contributed by atoms with Gasteiger partial charge in [0.15, 0.2) is 0 Å². The third-order valence-corrected chi connectivity index (χ3v) is 5.85. The highest BCUT2D eigenvalue weighted by Crippen LogP contribution is 2.37. The first kappa shape index (κ1) is 21.3. The van der Waals surface area contributed by atoms with Crippen molar-refractivity contribution in [2.24, 2.45) is 0 Å². The van der Waals surface area contributed by atoms with Gasteiger partial charge in [-0.25, -0.2) is 0 Å². The Morgan fingerprint density at radius 2 is 1.79 bits per heavy atom. The lowest BCUT2D eigenvalue weighted by atomic mass is 9.90. The summed E-state index contributed by atoms with van der Waals surface area (Å²) in [5.41, 5.74) is 0.561. The summed E-state index contributed by atoms with van der Waals surface area (Å²) in [6.45, 7) is 0. The average molecular weight is 412 g/mol. The van der Waals surface area contributed by atoms with E-state index in [0.29, 0.717) is 16.3 Å². The van der Waals surface area contributed by atoms with Gasteiger partial charge in [0.1, 0.15) is 30.2 Å². The molecule has 1 saturated carbocycles. The van der Waals surface area contributed by atoms with E-state index in [9.17, 15) is 15.3 Å². The first-order chi connectivity index (χ1) is 13.4. The summed E-state index contributed by atoms with van der Waals surface area (Å²) in [7, 11) is 1.71. The van der Waals surface area contributed by atoms with Crippen molar-refractivity contribution in [2.75, 3.05) is 7.11 Å². The Bertz CT molecular complexity index is 702. The van der Waals surface area contributed by atoms with Crippen LogP contribution in [-0.4, -0.2) is 59.1 Å². The lowest BCUT2D eigenvalue weighted by molar-refractivity contribution is -0.223. The van der Waals surface area contributed by atoms with E-state index in [1.807, 2.05) is 6.07 Å². The summed E-state index contributed by atoms with van der Waals surface area (Å²) >= 11 is 6.29. The van der Waals surface area contributed by atoms with Crippen molar-refractivity contribution >= 4 is 11.6 Å². The molecule has 0 spiro atoms. The minimum atomic E-state index is -1.42. The lowest BCUT2D eigenvalue weighted by Crippen LogP contribution is -2.53. The molecule has 0 aromatic heterocycles. The topological polar surface area (TPSA) is 112 Å². The number of hydrogen-bond acceptors (Lipinski definition) is 7. The number of aliphatic hydroxyl groups excluding tert-OH is 3. The summed E-state index contributed by atoms with van der Waals surface area (Å²) in [5.74, 6) is 0.480. The van der Waals surface area contributed by atoms with Crippen LogP contribution >= 0.6 is 11.6 Å². The number of rotatable bonds is 5. The summed E-state index contributed by atoms with van der Waals surface area (Å²) in [5, 5.41) is 39.9. The molecular weight excluding hydrogens is 386 g/mol. The SMILES string of the molecule is COC1CCC(Oc2cc([C@@H]3O[C@H](CC#N)[C@@H](O)[C@H](O)[C@H]3O)ccc2Cl)CC1. The van der Waals surface area contributed by atoms with Crippen LogP contribution in [0.2, 0.25) is 5.02 Å². The molecule has 1 aromatic rings. The standard InChI is InChI=1S/C20H26ClNO6/c1-26-12-3-5-13(6-4-12)27-16-10-11(2-7-14(16)21)20-19(25)18(24)17(23)15(28-20)8-9-22/h2,7,10,12-13,15,17-20,23-25H,3-6,8H2,1H3/t12?,13?,15-,17-,18+,19-,20+/m1/s1. The first-order valence-electron chi connectivity index (χ1n) is 9.50. The van der Waals surface area contributed by atoms with Crippen molar-refractivity contribution < 1.29 is 29.5 Å². The molecule has 1 heterocycles. The third kappa shape index (κ3) is 4.60. The summed E-state index contributed by atoms with van der Waals surface area (Å²) in [4.78, 5) is 0. The zero-order valence-corrected chi connectivity index (χ0v) is 16.5. The molecule has 2 aliphatic rings. The highest BCUT2D eigenvalue weighted by Gasteiger charge is 2.44. The Balaban J connectivity index is 1.75. The number of benzene rings is 1. The lowest BCUT2D eigenvalue weighted by Gasteiger charge is -2.40. The Morgan fingerprint density at radius 1 is 1.11 bits per heavy atom. The van der Waals surface area contributed by atoms with Crippen molar-refractivity contribution in [1.29, 1.82) is 5.26 Å². The van der Waals surface area contributed by atoms with E-state index in [2.05, 4.69) is 0 Å². The zero-order valence-electron chi connectivity index (χ0n) is 15.7. The molecule has 1 aliphatic carbocycles. The maximum absolute atomic E-state index is 10.4. The molecule has 0 amide bonds. The second-order valence-electron chi connectivity index (χ2n) is 7.37. The van der Waals surface area contributed by atoms with Gasteiger partial charge in [-0.1, -0.05) is 17.7 Å². The van der Waals surface area contributed by atoms with Gasteiger partial charge in [0.05, 0.1) is 35.8 Å². The van der Waals surface area contributed by atoms with Crippen molar-refractivity contribution in [2.45, 2.75) is 74.8 Å². The molecule has 2 fully saturated rings. The molecule has 1 saturated heterocycles. The van der Waals surface area contributed by atoms with Crippen molar-refractivity contribution in [3.8, 4) is 11.8 Å². The van der Waals surface area contributed by atoms with E-state index in [1.54, 1.807) is 25.3 Å². The van der Waals surface area contributed by atoms with Gasteiger partial charge in [-0.2, -0.15) is 5.26 Å². The van der Waals surface area contributed by atoms with Gasteiger partial charge in [-0.15, -0.1) is 0 Å². The van der Waals surface area contributed by atoms with E-state index in [0.717, 1.165) is 25.7 Å². The summed E-state index contributed by atoms with van der Waals surface area (Å²) in [6.07, 6.45) is -2.13. The van der Waals surface area contributed by atoms with Crippen LogP contribution in [0.1, 0.15) is 43.8 Å². The second-order valence-corrected chi connectivity index (χ2v) is 7.78. The van der Waals surface area contributed by atoms with E-state index in [4.69, 9.17) is 31.1 Å². The normalized spacial score (nSPS) is 35.9. The van der Waals surface area contributed by atoms with Gasteiger partial charge >= 0.3 is 0 Å². The fraction of sp³-hybridized carbons (Fsp3) is 0.650. The fourth-order valence-electron chi connectivity index (χ4n) is 3.84. The molecule has 0 radical (unpaired) electrons. The summed E-state index contributed by atoms with van der Waals surface area (Å²) in [6, 6.07) is 6.94. The van der Waals surface area contributed by atoms with Crippen LogP contribution in [0, 0.1) is 11.3 Å². The first-order valence-corrected chi connectivity index (χ1v) is 9.88. The van der Waals surface area contributed by atoms with Crippen LogP contribution in [0.5, 0.6) is 5.75 Å². The van der Waals surface area contributed by atoms with Crippen LogP contribution in [0.15, 0.2) is 18.2 Å². The monoisotopic (exact) mass is 411 g/mol. The van der Waals surface area contributed by atoms with Crippen LogP contribution in [0.25, 0.3) is 0 Å². The number of aliphatic hydroxyl groups is 3. The Kier molecular flexibility index (Phi) is 7.15. The largest absolute Gasteiger partial charge is 0.489 e. The molecule has 5 atom stereocenters. The van der Waals surface area contributed by atoms with Crippen LogP contribution < -0.4 is 4.74 Å². The third-order valence-electron chi connectivity index (χ3n) is 5.54. The number of methoxy groups -OCH3 is 1. The molecule has 8 heteroatoms. The molecule has 0 unspecified atom stereocenters. The quantitative estimate of drug-likeness (QED) is 0.680. The Hall–Kier alpha value is -1.40. The molecule has 154 valence electrons. The maximum Gasteiger partial charge on any atom is 0.138 e. The number of nitrogens with zero attached hydrogens (tertiary/aromatic N) is 1. The summed E-state index contributed by atoms with van der Waals surface area (Å²) < 4.78 is 17.2. The van der Waals surface area contributed by atoms with Crippen molar-refractivity contribution in [3.63, 3.8) is 0 Å². The fourth-order valence-corrected chi connectivity index (χ4v) is 4.00. The van der Waals surface area contributed by atoms with Crippen molar-refractivity contribution in [1.82, 2.24) is 0 Å². The van der Waals surface area contributed by atoms with Crippen LogP contribution in [0.3, 0.4) is 0 Å². The predicted octanol–water partition coefficient (Wildman–Crippen LogP) is 2.11. The second kappa shape index (κ2) is 9.40. The van der Waals surface area contributed by atoms with Gasteiger partial charge in [0, 0.05) is 7.11 Å². The van der Waals surface area contributed by atoms with Crippen LogP contribution in [0.4, 0.5) is 0 Å². The van der Waals surface area contributed by atoms with Gasteiger partial charge in [-0.3, -0.25) is 0 Å². The molecular formula is C20H26ClNO6. The number of ether oxygens (including phenoxy) is 3. The van der Waals surface area contributed by atoms with E-state index in [1.165, 1.54) is 0 Å². The smallest absolute Gasteiger partial charge is 0.138 e. The highest BCUT2D eigenvalue weighted by atomic mass is 35.5. The van der Waals surface area contributed by atoms with Crippen LogP contribution in [-0.2, 0) is 9.47 Å². The molecule has 3 N–H and O–H groups in total. The molecule has 0 bridgehead atoms. The minimum Gasteiger partial charge on any atom is -0.489 e. The van der Waals surface area contributed by atoms with E-state index < -0.39 is 30.5 Å². The van der Waals surface area contributed by atoms with Gasteiger partial charge < -0.3 is 29.5 Å². The number of halogens is 1. The highest BCUT2D eigenvalue weighted by molar-refractivity contribution is 6.32. The van der Waals surface area contributed by atoms with Gasteiger partial charge in [-0.05, 0) is 43.4 Å². The van der Waals surface area contributed by atoms with Gasteiger partial charge in [0.2, 0.25) is 0 Å². The zero-order chi connectivity index (χ0) is 20.3. The number of nitriles is 1. The molecule has 1 aliphatic heterocycles. The Labute approximate surface area is 169 Å². The predicted molar refractivity (Wildman–Crippen MR) is 101 cm³/mol. The van der Waals surface area contributed by atoms with E-state index >= 15 is 0 Å². The number of hydrogen-bond donors (Lipinski definition) is 3. The minimum absolute atomic E-state index is 0.0232.